The Balaban J connectivity index is 1.11. The Bertz CT molecular complexity index is 970. The summed E-state index contributed by atoms with van der Waals surface area (Å²) in [6.45, 7) is 8.15. The van der Waals surface area contributed by atoms with Crippen LogP contribution in [0.15, 0.2) is 72.8 Å². The van der Waals surface area contributed by atoms with Gasteiger partial charge in [0.05, 0.1) is 0 Å². The minimum absolute atomic E-state index is 0.118. The van der Waals surface area contributed by atoms with Crippen molar-refractivity contribution in [3.63, 3.8) is 0 Å². The van der Waals surface area contributed by atoms with Gasteiger partial charge >= 0.3 is 0 Å². The molecule has 36 heavy (non-hydrogen) atoms. The van der Waals surface area contributed by atoms with Crippen LogP contribution in [0.25, 0.3) is 0 Å². The highest BCUT2D eigenvalue weighted by atomic mass is 16.1. The molecule has 0 radical (unpaired) electrons. The summed E-state index contributed by atoms with van der Waals surface area (Å²) in [7, 11) is 0. The minimum atomic E-state index is 0.118. The maximum absolute atomic E-state index is 12.4. The van der Waals surface area contributed by atoms with Crippen molar-refractivity contribution in [3.05, 3.63) is 95.1 Å². The molecule has 2 aromatic carbocycles. The molecule has 0 spiro atoms. The standard InChI is InChI=1S/C34H42O2/c1-25-7-5-11-31(25)33(35)23-21-29-17-13-27(14-18-29)9-3-4-10-28-15-19-30(20-16-28)22-24-34(36)32-12-6-8-26(32)2/h13-20,31-32H,1-12,21-24H2/t31-,32-/m1/s1. The molecule has 4 rings (SSSR count). The van der Waals surface area contributed by atoms with Crippen LogP contribution in [0.3, 0.4) is 0 Å². The molecule has 2 saturated carbocycles. The third-order valence-electron chi connectivity index (χ3n) is 8.29. The highest BCUT2D eigenvalue weighted by molar-refractivity contribution is 5.84. The molecule has 0 heterocycles. The number of hydrogen-bond donors (Lipinski definition) is 0. The van der Waals surface area contributed by atoms with Gasteiger partial charge in [0.15, 0.2) is 0 Å². The van der Waals surface area contributed by atoms with Crippen LogP contribution < -0.4 is 0 Å². The Labute approximate surface area is 217 Å². The van der Waals surface area contributed by atoms with E-state index in [1.165, 1.54) is 35.1 Å². The molecule has 0 unspecified atom stereocenters. The van der Waals surface area contributed by atoms with Crippen molar-refractivity contribution < 1.29 is 9.59 Å². The van der Waals surface area contributed by atoms with Crippen LogP contribution in [0.4, 0.5) is 0 Å². The largest absolute Gasteiger partial charge is 0.299 e. The van der Waals surface area contributed by atoms with E-state index in [2.05, 4.69) is 61.7 Å². The van der Waals surface area contributed by atoms with Gasteiger partial charge in [-0.05, 0) is 99.3 Å². The first-order chi connectivity index (χ1) is 17.5. The zero-order valence-electron chi connectivity index (χ0n) is 21.9. The van der Waals surface area contributed by atoms with Gasteiger partial charge in [0.2, 0.25) is 0 Å². The molecule has 190 valence electrons. The lowest BCUT2D eigenvalue weighted by Gasteiger charge is -2.10. The van der Waals surface area contributed by atoms with Crippen molar-refractivity contribution in [1.82, 2.24) is 0 Å². The maximum atomic E-state index is 12.4. The molecule has 0 bridgehead atoms. The quantitative estimate of drug-likeness (QED) is 0.214. The van der Waals surface area contributed by atoms with Gasteiger partial charge in [0.1, 0.15) is 11.6 Å². The summed E-state index contributed by atoms with van der Waals surface area (Å²) >= 11 is 0. The van der Waals surface area contributed by atoms with Crippen LogP contribution in [-0.4, -0.2) is 11.6 Å². The fraction of sp³-hybridized carbons (Fsp3) is 0.471. The van der Waals surface area contributed by atoms with Gasteiger partial charge in [-0.2, -0.15) is 0 Å². The van der Waals surface area contributed by atoms with Gasteiger partial charge in [0.25, 0.3) is 0 Å². The van der Waals surface area contributed by atoms with E-state index in [4.69, 9.17) is 0 Å². The van der Waals surface area contributed by atoms with Crippen molar-refractivity contribution in [1.29, 1.82) is 0 Å². The van der Waals surface area contributed by atoms with Gasteiger partial charge < -0.3 is 0 Å². The van der Waals surface area contributed by atoms with Gasteiger partial charge in [-0.25, -0.2) is 0 Å². The zero-order valence-corrected chi connectivity index (χ0v) is 21.9. The first kappa shape index (κ1) is 26.3. The second kappa shape index (κ2) is 13.0. The van der Waals surface area contributed by atoms with Crippen LogP contribution in [0, 0.1) is 11.8 Å². The maximum Gasteiger partial charge on any atom is 0.140 e. The zero-order chi connectivity index (χ0) is 25.3. The van der Waals surface area contributed by atoms with E-state index in [1.54, 1.807) is 0 Å². The van der Waals surface area contributed by atoms with Gasteiger partial charge in [-0.15, -0.1) is 0 Å². The Morgan fingerprint density at radius 3 is 1.22 bits per heavy atom. The fourth-order valence-corrected chi connectivity index (χ4v) is 5.89. The highest BCUT2D eigenvalue weighted by Crippen LogP contribution is 2.32. The molecule has 0 aliphatic heterocycles. The van der Waals surface area contributed by atoms with Gasteiger partial charge in [-0.1, -0.05) is 72.8 Å². The molecule has 0 amide bonds. The number of carbonyl (C=O) groups excluding carboxylic acids is 2. The molecule has 0 saturated heterocycles. The van der Waals surface area contributed by atoms with Crippen molar-refractivity contribution >= 4 is 11.6 Å². The molecule has 2 fully saturated rings. The van der Waals surface area contributed by atoms with E-state index < -0.39 is 0 Å². The van der Waals surface area contributed by atoms with E-state index in [9.17, 15) is 9.59 Å². The normalized spacial score (nSPS) is 19.7. The van der Waals surface area contributed by atoms with Crippen molar-refractivity contribution in [2.45, 2.75) is 89.9 Å². The lowest BCUT2D eigenvalue weighted by Crippen LogP contribution is -2.12. The average molecular weight is 483 g/mol. The summed E-state index contributed by atoms with van der Waals surface area (Å²) in [5.74, 6) is 0.983. The number of ketones is 2. The summed E-state index contributed by atoms with van der Waals surface area (Å²) in [6.07, 6.45) is 13.7. The molecule has 2 atom stereocenters. The Morgan fingerprint density at radius 2 is 0.917 bits per heavy atom. The second-order valence-corrected chi connectivity index (χ2v) is 11.0. The summed E-state index contributed by atoms with van der Waals surface area (Å²) < 4.78 is 0. The number of aryl methyl sites for hydroxylation is 4. The SMILES string of the molecule is C=C1CCC[C@H]1C(=O)CCc1ccc(CCCCc2ccc(CCC(=O)[C@@H]3CCCC3=C)cc2)cc1. The van der Waals surface area contributed by atoms with Gasteiger partial charge in [-0.3, -0.25) is 9.59 Å². The van der Waals surface area contributed by atoms with Crippen molar-refractivity contribution in [3.8, 4) is 0 Å². The number of unbranched alkanes of at least 4 members (excludes halogenated alkanes) is 1. The van der Waals surface area contributed by atoms with Crippen molar-refractivity contribution in [2.24, 2.45) is 11.8 Å². The van der Waals surface area contributed by atoms with Gasteiger partial charge in [0, 0.05) is 24.7 Å². The van der Waals surface area contributed by atoms with Crippen molar-refractivity contribution in [2.75, 3.05) is 0 Å². The number of Topliss-reactive ketones (excluding diaryl/α,β-unsaturated/α-hetero) is 2. The van der Waals surface area contributed by atoms with E-state index in [-0.39, 0.29) is 11.8 Å². The summed E-state index contributed by atoms with van der Waals surface area (Å²) in [5, 5.41) is 0. The molecule has 2 aliphatic carbocycles. The predicted octanol–water partition coefficient (Wildman–Crippen LogP) is 7.97. The Hall–Kier alpha value is -2.74. The third-order valence-corrected chi connectivity index (χ3v) is 8.29. The van der Waals surface area contributed by atoms with Crippen LogP contribution in [0.5, 0.6) is 0 Å². The lowest BCUT2D eigenvalue weighted by molar-refractivity contribution is -0.122. The minimum Gasteiger partial charge on any atom is -0.299 e. The molecule has 0 N–H and O–H groups in total. The molecule has 2 heteroatoms. The molecule has 2 aliphatic rings. The van der Waals surface area contributed by atoms with E-state index in [1.807, 2.05) is 0 Å². The van der Waals surface area contributed by atoms with Crippen LogP contribution >= 0.6 is 0 Å². The van der Waals surface area contributed by atoms with Crippen LogP contribution in [-0.2, 0) is 35.3 Å². The molecular formula is C34H42O2. The number of rotatable bonds is 13. The Morgan fingerprint density at radius 1 is 0.583 bits per heavy atom. The first-order valence-electron chi connectivity index (χ1n) is 14.1. The van der Waals surface area contributed by atoms with Crippen LogP contribution in [0.2, 0.25) is 0 Å². The van der Waals surface area contributed by atoms with E-state index in [0.29, 0.717) is 24.4 Å². The third kappa shape index (κ3) is 7.38. The number of allylic oxidation sites excluding steroid dienone is 2. The van der Waals surface area contributed by atoms with E-state index in [0.717, 1.165) is 75.4 Å². The monoisotopic (exact) mass is 482 g/mol. The van der Waals surface area contributed by atoms with E-state index >= 15 is 0 Å². The smallest absolute Gasteiger partial charge is 0.140 e. The number of hydrogen-bond acceptors (Lipinski definition) is 2. The summed E-state index contributed by atoms with van der Waals surface area (Å²) in [4.78, 5) is 24.9. The first-order valence-corrected chi connectivity index (χ1v) is 14.1. The Kier molecular flexibility index (Phi) is 9.50. The number of carbonyl (C=O) groups is 2. The van der Waals surface area contributed by atoms with Crippen LogP contribution in [0.1, 0.15) is 86.5 Å². The lowest BCUT2D eigenvalue weighted by atomic mass is 9.93. The second-order valence-electron chi connectivity index (χ2n) is 11.0. The number of benzene rings is 2. The molecule has 0 aromatic heterocycles. The molecular weight excluding hydrogens is 440 g/mol. The topological polar surface area (TPSA) is 34.1 Å². The molecule has 2 aromatic rings. The highest BCUT2D eigenvalue weighted by Gasteiger charge is 2.26. The predicted molar refractivity (Wildman–Crippen MR) is 149 cm³/mol. The summed E-state index contributed by atoms with van der Waals surface area (Å²) in [6, 6.07) is 17.7. The fourth-order valence-electron chi connectivity index (χ4n) is 5.89. The summed E-state index contributed by atoms with van der Waals surface area (Å²) in [5.41, 5.74) is 7.54. The molecule has 2 nitrogen and oxygen atoms in total. The average Bonchev–Trinajstić information content (AvgIpc) is 3.53.